The molecule has 5 atom stereocenters. The van der Waals surface area contributed by atoms with E-state index in [1.165, 1.54) is 77.0 Å². The summed E-state index contributed by atoms with van der Waals surface area (Å²) >= 11 is 0. The van der Waals surface area contributed by atoms with Gasteiger partial charge in [0.05, 0.1) is 25.4 Å². The first-order valence-electron chi connectivity index (χ1n) is 23.4. The van der Waals surface area contributed by atoms with Crippen molar-refractivity contribution in [2.75, 3.05) is 19.8 Å². The molecule has 3 unspecified atom stereocenters. The number of phosphoric ester groups is 1. The maximum Gasteiger partial charge on any atom is 0.472 e. The third-order valence-electron chi connectivity index (χ3n) is 10.1. The molecular weight excluding hydrogens is 797 g/mol. The normalized spacial score (nSPS) is 17.5. The van der Waals surface area contributed by atoms with E-state index in [9.17, 15) is 23.8 Å². The van der Waals surface area contributed by atoms with Crippen molar-refractivity contribution in [3.8, 4) is 0 Å². The molecular formula is C48H82NO11P. The van der Waals surface area contributed by atoms with E-state index in [0.29, 0.717) is 31.5 Å². The van der Waals surface area contributed by atoms with E-state index < -0.39 is 51.1 Å². The van der Waals surface area contributed by atoms with E-state index in [4.69, 9.17) is 29.6 Å². The lowest BCUT2D eigenvalue weighted by molar-refractivity contribution is -0.161. The zero-order chi connectivity index (χ0) is 44.7. The SMILES string of the molecule is CCCCC/C=C\C/C=C\CCCCCCCCCCCC(=O)OC[C@H](COP(=O)(O)OC[C@H](N)C(=O)O)OC(=O)CCC/C=C\C/C=C\CC1OC1C/C=C\CCCCC. The fraction of sp³-hybridized carbons (Fsp3) is 0.729. The van der Waals surface area contributed by atoms with E-state index >= 15 is 0 Å². The second-order valence-electron chi connectivity index (χ2n) is 15.9. The van der Waals surface area contributed by atoms with Crippen LogP contribution < -0.4 is 5.73 Å². The second-order valence-corrected chi connectivity index (χ2v) is 17.4. The fourth-order valence-corrected chi connectivity index (χ4v) is 7.08. The molecule has 13 heteroatoms. The number of hydrogen-bond acceptors (Lipinski definition) is 10. The van der Waals surface area contributed by atoms with Crippen molar-refractivity contribution in [2.24, 2.45) is 5.73 Å². The predicted octanol–water partition coefficient (Wildman–Crippen LogP) is 11.7. The molecule has 0 spiro atoms. The van der Waals surface area contributed by atoms with Crippen LogP contribution in [0.5, 0.6) is 0 Å². The molecule has 1 heterocycles. The monoisotopic (exact) mass is 880 g/mol. The number of unbranched alkanes of at least 4 members (excludes halogenated alkanes) is 16. The van der Waals surface area contributed by atoms with Gasteiger partial charge in [0.15, 0.2) is 6.10 Å². The van der Waals surface area contributed by atoms with Crippen LogP contribution in [-0.4, -0.2) is 72.1 Å². The molecule has 0 aromatic carbocycles. The molecule has 1 fully saturated rings. The number of esters is 2. The first kappa shape index (κ1) is 56.2. The van der Waals surface area contributed by atoms with Crippen molar-refractivity contribution >= 4 is 25.7 Å². The summed E-state index contributed by atoms with van der Waals surface area (Å²) in [6, 6.07) is -1.54. The van der Waals surface area contributed by atoms with Crippen molar-refractivity contribution in [3.63, 3.8) is 0 Å². The number of carboxylic acids is 1. The summed E-state index contributed by atoms with van der Waals surface area (Å²) in [5.74, 6) is -2.47. The van der Waals surface area contributed by atoms with Crippen molar-refractivity contribution in [2.45, 2.75) is 205 Å². The Bertz CT molecular complexity index is 1330. The Morgan fingerprint density at radius 3 is 1.59 bits per heavy atom. The van der Waals surface area contributed by atoms with Crippen molar-refractivity contribution in [1.82, 2.24) is 0 Å². The van der Waals surface area contributed by atoms with Gasteiger partial charge in [0.2, 0.25) is 0 Å². The van der Waals surface area contributed by atoms with Crippen LogP contribution in [0.2, 0.25) is 0 Å². The number of epoxide rings is 1. The number of carbonyl (C=O) groups excluding carboxylic acids is 2. The molecule has 0 aromatic rings. The van der Waals surface area contributed by atoms with Gasteiger partial charge in [0.25, 0.3) is 0 Å². The molecule has 0 amide bonds. The van der Waals surface area contributed by atoms with Crippen molar-refractivity contribution < 1.29 is 52.2 Å². The molecule has 1 rings (SSSR count). The number of ether oxygens (including phenoxy) is 3. The minimum absolute atomic E-state index is 0.0769. The molecule has 1 saturated heterocycles. The first-order valence-corrected chi connectivity index (χ1v) is 24.9. The number of rotatable bonds is 42. The topological polar surface area (TPSA) is 184 Å². The molecule has 61 heavy (non-hydrogen) atoms. The zero-order valence-electron chi connectivity index (χ0n) is 37.7. The van der Waals surface area contributed by atoms with Gasteiger partial charge in [-0.1, -0.05) is 145 Å². The lowest BCUT2D eigenvalue weighted by Gasteiger charge is -2.20. The highest BCUT2D eigenvalue weighted by molar-refractivity contribution is 7.47. The number of carboxylic acid groups (broad SMARTS) is 1. The predicted molar refractivity (Wildman–Crippen MR) is 244 cm³/mol. The summed E-state index contributed by atoms with van der Waals surface area (Å²) in [4.78, 5) is 46.1. The molecule has 1 aliphatic rings. The molecule has 4 N–H and O–H groups in total. The van der Waals surface area contributed by atoms with E-state index in [0.717, 1.165) is 57.8 Å². The van der Waals surface area contributed by atoms with E-state index in [1.807, 2.05) is 12.2 Å². The summed E-state index contributed by atoms with van der Waals surface area (Å²) in [6.07, 6.45) is 47.4. The zero-order valence-corrected chi connectivity index (χ0v) is 38.6. The van der Waals surface area contributed by atoms with E-state index in [2.05, 4.69) is 67.0 Å². The van der Waals surface area contributed by atoms with Crippen LogP contribution in [-0.2, 0) is 42.2 Å². The minimum Gasteiger partial charge on any atom is -0.480 e. The number of nitrogens with two attached hydrogens (primary N) is 1. The molecule has 0 aromatic heterocycles. The van der Waals surface area contributed by atoms with Crippen LogP contribution in [0.4, 0.5) is 0 Å². The summed E-state index contributed by atoms with van der Waals surface area (Å²) in [6.45, 7) is 2.68. The molecule has 1 aliphatic heterocycles. The lowest BCUT2D eigenvalue weighted by Crippen LogP contribution is -2.34. The highest BCUT2D eigenvalue weighted by Crippen LogP contribution is 2.43. The Labute approximate surface area is 368 Å². The highest BCUT2D eigenvalue weighted by Gasteiger charge is 2.36. The summed E-state index contributed by atoms with van der Waals surface area (Å²) in [5.41, 5.74) is 5.34. The van der Waals surface area contributed by atoms with Gasteiger partial charge in [-0.2, -0.15) is 0 Å². The molecule has 0 bridgehead atoms. The van der Waals surface area contributed by atoms with Gasteiger partial charge >= 0.3 is 25.7 Å². The van der Waals surface area contributed by atoms with Gasteiger partial charge in [0, 0.05) is 12.8 Å². The Balaban J connectivity index is 2.29. The molecule has 0 radical (unpaired) electrons. The van der Waals surface area contributed by atoms with E-state index in [-0.39, 0.29) is 19.4 Å². The fourth-order valence-electron chi connectivity index (χ4n) is 6.30. The van der Waals surface area contributed by atoms with Crippen LogP contribution >= 0.6 is 7.82 Å². The maximum atomic E-state index is 12.6. The van der Waals surface area contributed by atoms with Crippen molar-refractivity contribution in [1.29, 1.82) is 0 Å². The van der Waals surface area contributed by atoms with Crippen LogP contribution in [0.1, 0.15) is 181 Å². The number of phosphoric acid groups is 1. The van der Waals surface area contributed by atoms with Gasteiger partial charge in [0.1, 0.15) is 12.6 Å². The average molecular weight is 880 g/mol. The second kappa shape index (κ2) is 38.8. The van der Waals surface area contributed by atoms with Gasteiger partial charge in [-0.15, -0.1) is 0 Å². The summed E-state index contributed by atoms with van der Waals surface area (Å²) in [5, 5.41) is 8.91. The molecule has 0 saturated carbocycles. The lowest BCUT2D eigenvalue weighted by atomic mass is 10.1. The Morgan fingerprint density at radius 2 is 1.03 bits per heavy atom. The van der Waals surface area contributed by atoms with Crippen molar-refractivity contribution in [3.05, 3.63) is 60.8 Å². The largest absolute Gasteiger partial charge is 0.480 e. The summed E-state index contributed by atoms with van der Waals surface area (Å²) < 4.78 is 38.5. The molecule has 12 nitrogen and oxygen atoms in total. The van der Waals surface area contributed by atoms with E-state index in [1.54, 1.807) is 0 Å². The van der Waals surface area contributed by atoms with Gasteiger partial charge in [-0.05, 0) is 83.5 Å². The van der Waals surface area contributed by atoms with Gasteiger partial charge < -0.3 is 29.9 Å². The summed E-state index contributed by atoms with van der Waals surface area (Å²) in [7, 11) is -4.74. The maximum absolute atomic E-state index is 12.6. The quantitative estimate of drug-likeness (QED) is 0.0174. The third kappa shape index (κ3) is 36.3. The number of allylic oxidation sites excluding steroid dienone is 8. The van der Waals surface area contributed by atoms with Gasteiger partial charge in [-0.3, -0.25) is 23.4 Å². The highest BCUT2D eigenvalue weighted by atomic mass is 31.2. The third-order valence-corrected chi connectivity index (χ3v) is 11.1. The van der Waals surface area contributed by atoms with Crippen LogP contribution in [0, 0.1) is 0 Å². The van der Waals surface area contributed by atoms with Gasteiger partial charge in [-0.25, -0.2) is 4.57 Å². The smallest absolute Gasteiger partial charge is 0.472 e. The standard InChI is InChI=1S/C48H82NO11P/c1-3-5-7-9-11-12-13-14-15-16-17-18-19-20-21-22-25-29-33-37-46(50)56-39-42(40-57-61(54,55)58-41-43(49)48(52)53)59-47(51)38-34-30-26-23-24-28-32-36-45-44(60-45)35-31-27-10-8-6-4-2/h11-12,14-15,23,26-28,31-32,42-45H,3-10,13,16-22,24-25,29-30,33-41,49H2,1-2H3,(H,52,53)(H,54,55)/b12-11-,15-14-,26-23-,31-27-,32-28-/t42-,43+,44?,45?/m1/s1. The van der Waals surface area contributed by atoms with Crippen LogP contribution in [0.15, 0.2) is 60.8 Å². The molecule has 0 aliphatic carbocycles. The number of carbonyl (C=O) groups is 3. The van der Waals surface area contributed by atoms with Crippen LogP contribution in [0.25, 0.3) is 0 Å². The number of aliphatic carboxylic acids is 1. The Hall–Kier alpha value is -2.86. The minimum atomic E-state index is -4.74. The average Bonchev–Trinajstić information content (AvgIpc) is 3.99. The first-order chi connectivity index (χ1) is 29.6. The number of hydrogen-bond donors (Lipinski definition) is 3. The Kier molecular flexibility index (Phi) is 35.7. The van der Waals surface area contributed by atoms with Crippen LogP contribution in [0.3, 0.4) is 0 Å². The Morgan fingerprint density at radius 1 is 0.590 bits per heavy atom. The molecule has 350 valence electrons.